The summed E-state index contributed by atoms with van der Waals surface area (Å²) in [6, 6.07) is 6.38. The molecule has 2 N–H and O–H groups in total. The summed E-state index contributed by atoms with van der Waals surface area (Å²) in [6.07, 6.45) is 3.49. The Hall–Kier alpha value is -2.08. The number of thiazole rings is 1. The first-order valence-electron chi connectivity index (χ1n) is 9.79. The predicted molar refractivity (Wildman–Crippen MR) is 113 cm³/mol. The van der Waals surface area contributed by atoms with Gasteiger partial charge in [-0.15, -0.1) is 11.3 Å². The summed E-state index contributed by atoms with van der Waals surface area (Å²) in [5.74, 6) is 2.55. The van der Waals surface area contributed by atoms with E-state index in [0.717, 1.165) is 60.0 Å². The normalized spacial score (nSPS) is 14.3. The zero-order valence-corrected chi connectivity index (χ0v) is 17.4. The predicted octanol–water partition coefficient (Wildman–Crippen LogP) is 3.85. The van der Waals surface area contributed by atoms with Crippen molar-refractivity contribution >= 4 is 17.3 Å². The van der Waals surface area contributed by atoms with Gasteiger partial charge in [0.15, 0.2) is 5.96 Å². The molecule has 1 aliphatic rings. The molecule has 1 fully saturated rings. The molecule has 1 heterocycles. The van der Waals surface area contributed by atoms with Crippen LogP contribution in [0, 0.1) is 19.8 Å². The molecule has 0 atom stereocenters. The summed E-state index contributed by atoms with van der Waals surface area (Å²) in [7, 11) is 0. The van der Waals surface area contributed by atoms with Crippen LogP contribution in [0.15, 0.2) is 28.6 Å². The maximum Gasteiger partial charge on any atom is 0.191 e. The summed E-state index contributed by atoms with van der Waals surface area (Å²) in [5.41, 5.74) is 3.49. The molecule has 3 rings (SSSR count). The van der Waals surface area contributed by atoms with Crippen molar-refractivity contribution in [2.45, 2.75) is 46.6 Å². The van der Waals surface area contributed by atoms with Crippen LogP contribution in [0.5, 0.6) is 5.75 Å². The van der Waals surface area contributed by atoms with E-state index in [-0.39, 0.29) is 0 Å². The summed E-state index contributed by atoms with van der Waals surface area (Å²) < 4.78 is 6.06. The van der Waals surface area contributed by atoms with E-state index in [2.05, 4.69) is 53.0 Å². The molecule has 0 spiro atoms. The second kappa shape index (κ2) is 9.74. The average Bonchev–Trinajstić information content (AvgIpc) is 3.39. The van der Waals surface area contributed by atoms with Gasteiger partial charge in [0.2, 0.25) is 0 Å². The minimum absolute atomic E-state index is 0.603. The number of nitrogens with one attached hydrogen (secondary N) is 2. The van der Waals surface area contributed by atoms with Crippen molar-refractivity contribution in [3.8, 4) is 5.75 Å². The Morgan fingerprint density at radius 2 is 2.15 bits per heavy atom. The maximum atomic E-state index is 6.06. The number of rotatable bonds is 9. The van der Waals surface area contributed by atoms with Gasteiger partial charge in [-0.2, -0.15) is 0 Å². The monoisotopic (exact) mass is 386 g/mol. The van der Waals surface area contributed by atoms with E-state index in [1.165, 1.54) is 18.4 Å². The average molecular weight is 387 g/mol. The number of nitrogens with zero attached hydrogens (tertiary/aromatic N) is 2. The Balaban J connectivity index is 1.58. The molecular weight excluding hydrogens is 356 g/mol. The first-order chi connectivity index (χ1) is 13.1. The Morgan fingerprint density at radius 1 is 1.30 bits per heavy atom. The van der Waals surface area contributed by atoms with Crippen molar-refractivity contribution in [1.82, 2.24) is 15.6 Å². The van der Waals surface area contributed by atoms with Crippen LogP contribution in [0.4, 0.5) is 0 Å². The van der Waals surface area contributed by atoms with Crippen LogP contribution >= 0.6 is 11.3 Å². The highest BCUT2D eigenvalue weighted by molar-refractivity contribution is 7.09. The molecule has 0 radical (unpaired) electrons. The molecule has 27 heavy (non-hydrogen) atoms. The van der Waals surface area contributed by atoms with E-state index in [1.54, 1.807) is 11.3 Å². The van der Waals surface area contributed by atoms with Gasteiger partial charge >= 0.3 is 0 Å². The number of aryl methyl sites for hydroxylation is 2. The lowest BCUT2D eigenvalue weighted by Gasteiger charge is -2.13. The van der Waals surface area contributed by atoms with Crippen LogP contribution in [-0.4, -0.2) is 30.6 Å². The maximum absolute atomic E-state index is 6.06. The van der Waals surface area contributed by atoms with E-state index in [4.69, 9.17) is 9.73 Å². The van der Waals surface area contributed by atoms with Crippen molar-refractivity contribution in [2.75, 3.05) is 19.7 Å². The van der Waals surface area contributed by atoms with E-state index >= 15 is 0 Å². The molecule has 1 aliphatic carbocycles. The summed E-state index contributed by atoms with van der Waals surface area (Å²) in [5, 5.41) is 9.95. The first-order valence-corrected chi connectivity index (χ1v) is 10.7. The molecule has 0 bridgehead atoms. The lowest BCUT2D eigenvalue weighted by atomic mass is 10.1. The van der Waals surface area contributed by atoms with Crippen LogP contribution in [0.25, 0.3) is 0 Å². The molecule has 0 aliphatic heterocycles. The Bertz CT molecular complexity index is 767. The second-order valence-electron chi connectivity index (χ2n) is 7.10. The molecule has 0 unspecified atom stereocenters. The standard InChI is InChI=1S/C21H30N4OS/c1-4-22-21(23-10-9-19-14-27-16(3)25-19)24-12-18-8-5-15(2)11-20(18)26-13-17-6-7-17/h5,8,11,14,17H,4,6-7,9-10,12-13H2,1-3H3,(H2,22,23,24). The van der Waals surface area contributed by atoms with Crippen molar-refractivity contribution in [3.05, 3.63) is 45.4 Å². The molecule has 0 amide bonds. The summed E-state index contributed by atoms with van der Waals surface area (Å²) >= 11 is 1.70. The van der Waals surface area contributed by atoms with Gasteiger partial charge in [-0.1, -0.05) is 12.1 Å². The lowest BCUT2D eigenvalue weighted by molar-refractivity contribution is 0.296. The molecule has 1 saturated carbocycles. The third-order valence-electron chi connectivity index (χ3n) is 4.49. The minimum Gasteiger partial charge on any atom is -0.493 e. The smallest absolute Gasteiger partial charge is 0.191 e. The van der Waals surface area contributed by atoms with Gasteiger partial charge in [-0.05, 0) is 51.2 Å². The molecule has 1 aromatic heterocycles. The minimum atomic E-state index is 0.603. The Kier molecular flexibility index (Phi) is 7.10. The number of aliphatic imine (C=N–C) groups is 1. The van der Waals surface area contributed by atoms with Gasteiger partial charge < -0.3 is 15.4 Å². The van der Waals surface area contributed by atoms with Gasteiger partial charge in [0.1, 0.15) is 5.75 Å². The number of benzene rings is 1. The molecule has 6 heteroatoms. The Labute approximate surface area is 166 Å². The number of ether oxygens (including phenoxy) is 1. The van der Waals surface area contributed by atoms with Crippen LogP contribution in [0.2, 0.25) is 0 Å². The number of hydrogen-bond donors (Lipinski definition) is 2. The molecular formula is C21H30N4OS. The molecule has 146 valence electrons. The number of guanidine groups is 1. The van der Waals surface area contributed by atoms with E-state index in [9.17, 15) is 0 Å². The second-order valence-corrected chi connectivity index (χ2v) is 8.16. The summed E-state index contributed by atoms with van der Waals surface area (Å²) in [4.78, 5) is 9.26. The fourth-order valence-electron chi connectivity index (χ4n) is 2.76. The van der Waals surface area contributed by atoms with Crippen molar-refractivity contribution < 1.29 is 4.74 Å². The topological polar surface area (TPSA) is 58.5 Å². The molecule has 0 saturated heterocycles. The van der Waals surface area contributed by atoms with E-state index in [1.807, 2.05) is 6.92 Å². The van der Waals surface area contributed by atoms with Crippen molar-refractivity contribution in [1.29, 1.82) is 0 Å². The quantitative estimate of drug-likeness (QED) is 0.508. The van der Waals surface area contributed by atoms with Gasteiger partial charge in [0.05, 0.1) is 23.9 Å². The zero-order valence-electron chi connectivity index (χ0n) is 16.5. The largest absolute Gasteiger partial charge is 0.493 e. The number of hydrogen-bond acceptors (Lipinski definition) is 4. The van der Waals surface area contributed by atoms with Crippen LogP contribution in [-0.2, 0) is 13.0 Å². The van der Waals surface area contributed by atoms with E-state index < -0.39 is 0 Å². The third kappa shape index (κ3) is 6.54. The van der Waals surface area contributed by atoms with Gasteiger partial charge in [-0.3, -0.25) is 0 Å². The van der Waals surface area contributed by atoms with Crippen molar-refractivity contribution in [2.24, 2.45) is 10.9 Å². The zero-order chi connectivity index (χ0) is 19.1. The fraction of sp³-hybridized carbons (Fsp3) is 0.524. The van der Waals surface area contributed by atoms with Crippen LogP contribution in [0.3, 0.4) is 0 Å². The van der Waals surface area contributed by atoms with Crippen LogP contribution < -0.4 is 15.4 Å². The van der Waals surface area contributed by atoms with Gasteiger partial charge in [-0.25, -0.2) is 9.98 Å². The molecule has 1 aromatic carbocycles. The lowest BCUT2D eigenvalue weighted by Crippen LogP contribution is -2.38. The fourth-order valence-corrected chi connectivity index (χ4v) is 3.40. The molecule has 5 nitrogen and oxygen atoms in total. The number of aromatic nitrogens is 1. The highest BCUT2D eigenvalue weighted by Crippen LogP contribution is 2.30. The van der Waals surface area contributed by atoms with Crippen molar-refractivity contribution in [3.63, 3.8) is 0 Å². The van der Waals surface area contributed by atoms with Gasteiger partial charge in [0, 0.05) is 30.5 Å². The highest BCUT2D eigenvalue weighted by atomic mass is 32.1. The van der Waals surface area contributed by atoms with E-state index in [0.29, 0.717) is 6.54 Å². The van der Waals surface area contributed by atoms with Gasteiger partial charge in [0.25, 0.3) is 0 Å². The first kappa shape index (κ1) is 19.7. The molecule has 2 aromatic rings. The SMILES string of the molecule is CCNC(=NCc1ccc(C)cc1OCC1CC1)NCCc1csc(C)n1. The highest BCUT2D eigenvalue weighted by Gasteiger charge is 2.22. The third-order valence-corrected chi connectivity index (χ3v) is 5.31. The van der Waals surface area contributed by atoms with Crippen LogP contribution in [0.1, 0.15) is 41.6 Å². The Morgan fingerprint density at radius 3 is 2.85 bits per heavy atom. The summed E-state index contributed by atoms with van der Waals surface area (Å²) in [6.45, 7) is 9.29.